The van der Waals surface area contributed by atoms with E-state index in [1.54, 1.807) is 7.11 Å². The van der Waals surface area contributed by atoms with E-state index in [9.17, 15) is 0 Å². The van der Waals surface area contributed by atoms with E-state index >= 15 is 0 Å². The summed E-state index contributed by atoms with van der Waals surface area (Å²) in [4.78, 5) is 0. The number of allylic oxidation sites excluding steroid dienone is 1. The second-order valence-electron chi connectivity index (χ2n) is 4.74. The minimum absolute atomic E-state index is 0.0180. The van der Waals surface area contributed by atoms with Gasteiger partial charge in [-0.2, -0.15) is 0 Å². The molecule has 17 heavy (non-hydrogen) atoms. The van der Waals surface area contributed by atoms with Gasteiger partial charge in [-0.25, -0.2) is 0 Å². The van der Waals surface area contributed by atoms with E-state index in [1.165, 1.54) is 51.0 Å². The van der Waals surface area contributed by atoms with Gasteiger partial charge in [-0.3, -0.25) is 0 Å². The molecule has 0 amide bonds. The number of unbranched alkanes of at least 4 members (excludes halogenated alkanes) is 6. The van der Waals surface area contributed by atoms with Crippen LogP contribution < -0.4 is 0 Å². The lowest BCUT2D eigenvalue weighted by Crippen LogP contribution is -2.21. The highest BCUT2D eigenvalue weighted by atomic mass is 28.3. The largest absolute Gasteiger partial charge is 0.396 e. The second-order valence-corrected chi connectivity index (χ2v) is 7.21. The summed E-state index contributed by atoms with van der Waals surface area (Å²) in [6, 6.07) is 1.28. The number of methoxy groups -OCH3 is 1. The fraction of sp³-hybridized carbons (Fsp3) is 0.857. The van der Waals surface area contributed by atoms with Gasteiger partial charge in [0, 0.05) is 7.11 Å². The molecule has 2 nitrogen and oxygen atoms in total. The number of hydrogen-bond acceptors (Lipinski definition) is 2. The highest BCUT2D eigenvalue weighted by molar-refractivity contribution is 6.50. The highest BCUT2D eigenvalue weighted by Gasteiger charge is 2.08. The molecule has 2 unspecified atom stereocenters. The molecular weight excluding hydrogens is 228 g/mol. The molecule has 0 radical (unpaired) electrons. The van der Waals surface area contributed by atoms with Gasteiger partial charge in [-0.1, -0.05) is 38.2 Å². The summed E-state index contributed by atoms with van der Waals surface area (Å²) in [6.45, 7) is 7.98. The number of ether oxygens (including phenoxy) is 1. The first-order valence-electron chi connectivity index (χ1n) is 6.99. The first-order valence-corrected chi connectivity index (χ1v) is 9.44. The van der Waals surface area contributed by atoms with Crippen molar-refractivity contribution in [2.45, 2.75) is 70.8 Å². The van der Waals surface area contributed by atoms with Crippen LogP contribution in [0.25, 0.3) is 0 Å². The lowest BCUT2D eigenvalue weighted by molar-refractivity contribution is -0.0408. The third kappa shape index (κ3) is 12.1. The van der Waals surface area contributed by atoms with Gasteiger partial charge >= 0.3 is 0 Å². The van der Waals surface area contributed by atoms with Crippen molar-refractivity contribution in [3.63, 3.8) is 0 Å². The summed E-state index contributed by atoms with van der Waals surface area (Å²) in [7, 11) is 0.718. The van der Waals surface area contributed by atoms with Crippen molar-refractivity contribution in [3.05, 3.63) is 12.7 Å². The van der Waals surface area contributed by atoms with Crippen LogP contribution in [-0.2, 0) is 9.16 Å². The Hall–Kier alpha value is -0.123. The quantitative estimate of drug-likeness (QED) is 0.225. The van der Waals surface area contributed by atoms with E-state index in [-0.39, 0.29) is 6.29 Å². The average Bonchev–Trinajstić information content (AvgIpc) is 2.32. The van der Waals surface area contributed by atoms with E-state index in [4.69, 9.17) is 9.16 Å². The van der Waals surface area contributed by atoms with Crippen LogP contribution in [0.15, 0.2) is 12.7 Å². The number of rotatable bonds is 12. The minimum atomic E-state index is -0.986. The van der Waals surface area contributed by atoms with Crippen LogP contribution in [0, 0.1) is 0 Å². The zero-order chi connectivity index (χ0) is 12.9. The molecule has 3 heteroatoms. The Morgan fingerprint density at radius 3 is 2.29 bits per heavy atom. The molecule has 0 saturated carbocycles. The normalized spacial score (nSPS) is 14.5. The summed E-state index contributed by atoms with van der Waals surface area (Å²) in [6.07, 6.45) is 11.3. The van der Waals surface area contributed by atoms with Crippen molar-refractivity contribution in [2.24, 2.45) is 0 Å². The van der Waals surface area contributed by atoms with Crippen LogP contribution in [0.5, 0.6) is 0 Å². The molecule has 0 N–H and O–H groups in total. The molecule has 0 spiro atoms. The Morgan fingerprint density at radius 1 is 1.12 bits per heavy atom. The molecule has 0 saturated heterocycles. The SMILES string of the molecule is C=CCCCCCCCC[SiH](C)OC(C)OC. The molecule has 0 aliphatic carbocycles. The van der Waals surface area contributed by atoms with Crippen molar-refractivity contribution in [3.8, 4) is 0 Å². The fourth-order valence-electron chi connectivity index (χ4n) is 1.88. The predicted molar refractivity (Wildman–Crippen MR) is 77.9 cm³/mol. The lowest BCUT2D eigenvalue weighted by atomic mass is 10.1. The average molecular weight is 258 g/mol. The van der Waals surface area contributed by atoms with E-state index < -0.39 is 9.04 Å². The molecular formula is C14H30O2Si. The molecule has 0 aliphatic rings. The summed E-state index contributed by atoms with van der Waals surface area (Å²) in [5, 5.41) is 0. The topological polar surface area (TPSA) is 18.5 Å². The third-order valence-electron chi connectivity index (χ3n) is 3.02. The van der Waals surface area contributed by atoms with Crippen LogP contribution in [0.2, 0.25) is 12.6 Å². The van der Waals surface area contributed by atoms with Crippen molar-refractivity contribution < 1.29 is 9.16 Å². The Labute approximate surface area is 109 Å². The molecule has 0 aromatic rings. The van der Waals surface area contributed by atoms with Crippen molar-refractivity contribution in [2.75, 3.05) is 7.11 Å². The number of hydrogen-bond donors (Lipinski definition) is 0. The third-order valence-corrected chi connectivity index (χ3v) is 5.09. The zero-order valence-electron chi connectivity index (χ0n) is 11.9. The molecule has 0 rings (SSSR count). The fourth-order valence-corrected chi connectivity index (χ4v) is 3.64. The van der Waals surface area contributed by atoms with Crippen LogP contribution in [-0.4, -0.2) is 22.4 Å². The molecule has 0 aromatic heterocycles. The maximum Gasteiger partial charge on any atom is 0.177 e. The first kappa shape index (κ1) is 16.9. The molecule has 0 heterocycles. The summed E-state index contributed by atoms with van der Waals surface area (Å²) in [5.41, 5.74) is 0. The smallest absolute Gasteiger partial charge is 0.177 e. The van der Waals surface area contributed by atoms with Gasteiger partial charge in [0.25, 0.3) is 0 Å². The maximum atomic E-state index is 5.76. The van der Waals surface area contributed by atoms with Gasteiger partial charge < -0.3 is 9.16 Å². The minimum Gasteiger partial charge on any atom is -0.396 e. The van der Waals surface area contributed by atoms with Gasteiger partial charge in [0.15, 0.2) is 9.04 Å². The van der Waals surface area contributed by atoms with Gasteiger partial charge in [0.2, 0.25) is 0 Å². The van der Waals surface area contributed by atoms with Crippen molar-refractivity contribution >= 4 is 9.04 Å². The van der Waals surface area contributed by atoms with Crippen LogP contribution >= 0.6 is 0 Å². The van der Waals surface area contributed by atoms with Crippen LogP contribution in [0.3, 0.4) is 0 Å². The first-order chi connectivity index (χ1) is 8.20. The molecule has 2 atom stereocenters. The Kier molecular flexibility index (Phi) is 12.2. The van der Waals surface area contributed by atoms with Gasteiger partial charge in [0.1, 0.15) is 6.29 Å². The van der Waals surface area contributed by atoms with Gasteiger partial charge in [-0.15, -0.1) is 6.58 Å². The van der Waals surface area contributed by atoms with E-state index in [0.29, 0.717) is 0 Å². The molecule has 0 aliphatic heterocycles. The van der Waals surface area contributed by atoms with Crippen molar-refractivity contribution in [1.82, 2.24) is 0 Å². The molecule has 0 bridgehead atoms. The molecule has 102 valence electrons. The molecule has 0 aromatic carbocycles. The van der Waals surface area contributed by atoms with Crippen LogP contribution in [0.1, 0.15) is 51.9 Å². The summed E-state index contributed by atoms with van der Waals surface area (Å²) in [5.74, 6) is 0. The standard InChI is InChI=1S/C14H30O2Si/c1-5-6-7-8-9-10-11-12-13-17(4)16-14(2)15-3/h5,14,17H,1,6-13H2,2-4H3. The van der Waals surface area contributed by atoms with Crippen LogP contribution in [0.4, 0.5) is 0 Å². The molecule has 0 fully saturated rings. The lowest BCUT2D eigenvalue weighted by Gasteiger charge is -2.16. The Morgan fingerprint density at radius 2 is 1.71 bits per heavy atom. The predicted octanol–water partition coefficient (Wildman–Crippen LogP) is 4.27. The summed E-state index contributed by atoms with van der Waals surface area (Å²) >= 11 is 0. The summed E-state index contributed by atoms with van der Waals surface area (Å²) < 4.78 is 10.9. The monoisotopic (exact) mass is 258 g/mol. The maximum absolute atomic E-state index is 5.76. The zero-order valence-corrected chi connectivity index (χ0v) is 13.1. The van der Waals surface area contributed by atoms with E-state index in [2.05, 4.69) is 13.1 Å². The van der Waals surface area contributed by atoms with Crippen molar-refractivity contribution in [1.29, 1.82) is 0 Å². The Balaban J connectivity index is 3.18. The van der Waals surface area contributed by atoms with Gasteiger partial charge in [-0.05, 0) is 32.4 Å². The second kappa shape index (κ2) is 12.3. The highest BCUT2D eigenvalue weighted by Crippen LogP contribution is 2.11. The van der Waals surface area contributed by atoms with E-state index in [0.717, 1.165) is 0 Å². The van der Waals surface area contributed by atoms with E-state index in [1.807, 2.05) is 13.0 Å². The Bertz CT molecular complexity index is 174. The van der Waals surface area contributed by atoms with Gasteiger partial charge in [0.05, 0.1) is 0 Å².